The van der Waals surface area contributed by atoms with Gasteiger partial charge in [0.1, 0.15) is 44.7 Å². The predicted octanol–water partition coefficient (Wildman–Crippen LogP) is -0.573. The van der Waals surface area contributed by atoms with Crippen molar-refractivity contribution in [2.45, 2.75) is 43.7 Å². The monoisotopic (exact) mass is 816 g/mol. The third kappa shape index (κ3) is 38.9. The quantitative estimate of drug-likeness (QED) is 0.0318. The number of ether oxygens (including phenoxy) is 5. The van der Waals surface area contributed by atoms with E-state index in [1.54, 1.807) is 4.90 Å². The van der Waals surface area contributed by atoms with E-state index in [4.69, 9.17) is 29.4 Å². The Kier molecular flexibility index (Phi) is 34.5. The Morgan fingerprint density at radius 1 is 0.692 bits per heavy atom. The molecule has 1 aliphatic heterocycles. The molecule has 0 bridgehead atoms. The van der Waals surface area contributed by atoms with Crippen molar-refractivity contribution in [2.24, 2.45) is 5.73 Å². The fourth-order valence-corrected chi connectivity index (χ4v) is 5.04. The lowest BCUT2D eigenvalue weighted by atomic mass is 10.2. The first-order chi connectivity index (χ1) is 24.4. The lowest BCUT2D eigenvalue weighted by Crippen LogP contribution is -2.42. The summed E-state index contributed by atoms with van der Waals surface area (Å²) in [5.74, 6) is -0.379. The number of hydrogen-bond acceptors (Lipinski definition) is 19. The van der Waals surface area contributed by atoms with E-state index in [1.165, 1.54) is 25.0 Å². The van der Waals surface area contributed by atoms with Crippen LogP contribution in [0.3, 0.4) is 0 Å². The predicted molar refractivity (Wildman–Crippen MR) is 194 cm³/mol. The second-order valence-electron chi connectivity index (χ2n) is 10.2. The Bertz CT molecular complexity index is 1210. The molecule has 1 fully saturated rings. The summed E-state index contributed by atoms with van der Waals surface area (Å²) in [6, 6.07) is 0. The van der Waals surface area contributed by atoms with Crippen molar-refractivity contribution in [1.29, 1.82) is 0 Å². The molecule has 0 aromatic carbocycles. The van der Waals surface area contributed by atoms with Gasteiger partial charge in [-0.3, -0.25) is 17.4 Å². The minimum Gasteiger partial charge on any atom is -0.499 e. The average molecular weight is 817 g/mol. The van der Waals surface area contributed by atoms with Gasteiger partial charge >= 0.3 is 0 Å². The molecule has 1 saturated heterocycles. The molecule has 52 heavy (non-hydrogen) atoms. The number of aliphatic hydroxyl groups is 3. The maximum atomic E-state index is 11.4. The average Bonchev–Trinajstić information content (AvgIpc) is 3.94. The molecular formula is C30H60N2O17S3. The molecule has 0 saturated carbocycles. The van der Waals surface area contributed by atoms with Crippen LogP contribution in [-0.2, 0) is 66.6 Å². The van der Waals surface area contributed by atoms with Crippen LogP contribution < -0.4 is 5.73 Å². The van der Waals surface area contributed by atoms with Crippen molar-refractivity contribution >= 4 is 30.4 Å². The number of epoxide rings is 1. The smallest absolute Gasteiger partial charge is 0.268 e. The number of nitrogens with zero attached hydrogens (tertiary/aromatic N) is 1. The first-order valence-corrected chi connectivity index (χ1v) is 20.5. The molecule has 0 aliphatic carbocycles. The highest BCUT2D eigenvalue weighted by atomic mass is 32.2. The summed E-state index contributed by atoms with van der Waals surface area (Å²) in [6.07, 6.45) is 4.78. The van der Waals surface area contributed by atoms with E-state index in [0.29, 0.717) is 32.0 Å². The number of nitrogens with two attached hydrogens (primary N) is 1. The molecule has 0 aromatic heterocycles. The molecule has 5 N–H and O–H groups in total. The van der Waals surface area contributed by atoms with Crippen molar-refractivity contribution in [2.75, 3.05) is 97.8 Å². The molecule has 0 radical (unpaired) electrons. The van der Waals surface area contributed by atoms with Crippen LogP contribution in [0.25, 0.3) is 0 Å². The molecule has 0 amide bonds. The van der Waals surface area contributed by atoms with Crippen molar-refractivity contribution in [3.8, 4) is 0 Å². The fraction of sp³-hybridized carbons (Fsp3) is 0.733. The van der Waals surface area contributed by atoms with E-state index >= 15 is 0 Å². The molecular weight excluding hydrogens is 757 g/mol. The van der Waals surface area contributed by atoms with Crippen molar-refractivity contribution < 1.29 is 76.8 Å². The summed E-state index contributed by atoms with van der Waals surface area (Å²) in [4.78, 5) is 1.59. The summed E-state index contributed by atoms with van der Waals surface area (Å²) in [5, 5.41) is 28.9. The van der Waals surface area contributed by atoms with Gasteiger partial charge in [0.2, 0.25) is 0 Å². The molecule has 1 heterocycles. The molecule has 0 spiro atoms. The van der Waals surface area contributed by atoms with E-state index in [-0.39, 0.29) is 63.3 Å². The Hall–Kier alpha value is -2.35. The maximum absolute atomic E-state index is 11.4. The number of hydrogen-bond donors (Lipinski definition) is 4. The summed E-state index contributed by atoms with van der Waals surface area (Å²) >= 11 is 0. The highest BCUT2D eigenvalue weighted by molar-refractivity contribution is 7.87. The molecule has 22 heteroatoms. The molecule has 310 valence electrons. The topological polar surface area (TPSA) is 270 Å². The van der Waals surface area contributed by atoms with E-state index in [1.807, 2.05) is 0 Å². The maximum Gasteiger partial charge on any atom is 0.268 e. The van der Waals surface area contributed by atoms with Gasteiger partial charge in [-0.15, -0.1) is 0 Å². The van der Waals surface area contributed by atoms with Gasteiger partial charge in [0.05, 0.1) is 76.3 Å². The van der Waals surface area contributed by atoms with E-state index < -0.39 is 48.7 Å². The lowest BCUT2D eigenvalue weighted by molar-refractivity contribution is 0.0199. The van der Waals surface area contributed by atoms with Crippen LogP contribution in [0.5, 0.6) is 0 Å². The third-order valence-electron chi connectivity index (χ3n) is 5.93. The van der Waals surface area contributed by atoms with Gasteiger partial charge in [-0.2, -0.15) is 25.3 Å². The molecule has 1 rings (SSSR count). The van der Waals surface area contributed by atoms with Gasteiger partial charge in [-0.25, -0.2) is 0 Å². The standard InChI is InChI=1S/C13H25NO7S.C9H18O5S.C5H8O2.C3H9NO3S/c1-4-20-10-12(15)8-14(6-7-22(17,18)19-3)9-13(16)11-21-5-2;1-3-14-8-9(10)6-4-5-7-15(11,12)13-2;1-2-6-3-5-4-7-5;1-7-8(5,6)3-2-4/h4-5,12-13,15-16H,1-2,6-11H2,3H3;3,9-10H,1,4-8H2,2H3;2,5H,1,3-4H2;2-4H2,1H3. The Morgan fingerprint density at radius 2 is 1.10 bits per heavy atom. The van der Waals surface area contributed by atoms with E-state index in [0.717, 1.165) is 27.9 Å². The highest BCUT2D eigenvalue weighted by Crippen LogP contribution is 2.08. The van der Waals surface area contributed by atoms with Crippen molar-refractivity contribution in [3.63, 3.8) is 0 Å². The van der Waals surface area contributed by atoms with Crippen LogP contribution in [0, 0.1) is 0 Å². The normalized spacial score (nSPS) is 15.3. The Labute approximate surface area is 309 Å². The number of aliphatic hydroxyl groups excluding tert-OH is 3. The SMILES string of the molecule is C=COCC(O)CCCCS(=O)(=O)OC.C=COCC(O)CN(CCS(=O)(=O)OC)CC(O)COC=C.C=COCC1CO1.COS(=O)(=O)CCN. The van der Waals surface area contributed by atoms with Crippen LogP contribution in [-0.4, -0.2) is 168 Å². The summed E-state index contributed by atoms with van der Waals surface area (Å²) in [5.41, 5.74) is 4.93. The first-order valence-electron chi connectivity index (χ1n) is 15.7. The first kappa shape index (κ1) is 54.0. The second kappa shape index (κ2) is 33.2. The van der Waals surface area contributed by atoms with E-state index in [9.17, 15) is 40.6 Å². The Morgan fingerprint density at radius 3 is 1.46 bits per heavy atom. The second-order valence-corrected chi connectivity index (χ2v) is 15.8. The van der Waals surface area contributed by atoms with E-state index in [2.05, 4.69) is 38.9 Å². The number of unbranched alkanes of at least 4 members (excludes halogenated alkanes) is 1. The molecule has 0 aromatic rings. The van der Waals surface area contributed by atoms with Crippen LogP contribution in [0.15, 0.2) is 51.4 Å². The fourth-order valence-electron chi connectivity index (χ4n) is 3.21. The van der Waals surface area contributed by atoms with Gasteiger partial charge in [0.25, 0.3) is 30.4 Å². The lowest BCUT2D eigenvalue weighted by Gasteiger charge is -2.26. The summed E-state index contributed by atoms with van der Waals surface area (Å²) in [7, 11) is -6.94. The van der Waals surface area contributed by atoms with Gasteiger partial charge < -0.3 is 44.7 Å². The largest absolute Gasteiger partial charge is 0.499 e. The highest BCUT2D eigenvalue weighted by Gasteiger charge is 2.22. The third-order valence-corrected chi connectivity index (χ3v) is 9.66. The zero-order chi connectivity index (χ0) is 40.5. The van der Waals surface area contributed by atoms with Crippen LogP contribution in [0.4, 0.5) is 0 Å². The van der Waals surface area contributed by atoms with Gasteiger partial charge in [0.15, 0.2) is 0 Å². The minimum absolute atomic E-state index is 0.0153. The van der Waals surface area contributed by atoms with Gasteiger partial charge in [-0.1, -0.05) is 26.3 Å². The zero-order valence-electron chi connectivity index (χ0n) is 30.4. The molecule has 4 atom stereocenters. The van der Waals surface area contributed by atoms with Crippen LogP contribution >= 0.6 is 0 Å². The molecule has 19 nitrogen and oxygen atoms in total. The van der Waals surface area contributed by atoms with Crippen molar-refractivity contribution in [3.05, 3.63) is 51.4 Å². The van der Waals surface area contributed by atoms with Gasteiger partial charge in [-0.05, 0) is 19.3 Å². The zero-order valence-corrected chi connectivity index (χ0v) is 32.8. The Balaban J connectivity index is -0.000000683. The number of rotatable bonds is 29. The molecule has 4 unspecified atom stereocenters. The summed E-state index contributed by atoms with van der Waals surface area (Å²) < 4.78 is 102. The van der Waals surface area contributed by atoms with Crippen LogP contribution in [0.1, 0.15) is 19.3 Å². The molecule has 1 aliphatic rings. The minimum atomic E-state index is -3.62. The van der Waals surface area contributed by atoms with Gasteiger partial charge in [0, 0.05) is 26.2 Å². The van der Waals surface area contributed by atoms with Crippen molar-refractivity contribution in [1.82, 2.24) is 4.90 Å². The summed E-state index contributed by atoms with van der Waals surface area (Å²) in [6.45, 7) is 15.7. The van der Waals surface area contributed by atoms with Crippen LogP contribution in [0.2, 0.25) is 0 Å².